The van der Waals surface area contributed by atoms with Crippen LogP contribution in [0.4, 0.5) is 0 Å². The van der Waals surface area contributed by atoms with Gasteiger partial charge in [-0.1, -0.05) is 30.3 Å². The van der Waals surface area contributed by atoms with Gasteiger partial charge in [-0.3, -0.25) is 4.90 Å². The van der Waals surface area contributed by atoms with Crippen molar-refractivity contribution >= 4 is 22.9 Å². The molecule has 7 heteroatoms. The van der Waals surface area contributed by atoms with Gasteiger partial charge in [-0.2, -0.15) is 5.26 Å². The molecular formula is C17H16N4O2S. The Balaban J connectivity index is 2.17. The maximum absolute atomic E-state index is 12.5. The summed E-state index contributed by atoms with van der Waals surface area (Å²) in [6.07, 6.45) is 0. The Bertz CT molecular complexity index is 821. The van der Waals surface area contributed by atoms with Crippen molar-refractivity contribution in [2.24, 2.45) is 10.7 Å². The molecule has 0 bridgehead atoms. The highest BCUT2D eigenvalue weighted by Gasteiger charge is 2.42. The molecule has 0 unspecified atom stereocenters. The number of carbonyl (C=O) groups excluding carboxylic acids is 1. The van der Waals surface area contributed by atoms with Crippen LogP contribution in [0.25, 0.3) is 0 Å². The third kappa shape index (κ3) is 2.55. The maximum atomic E-state index is 12.5. The molecule has 0 spiro atoms. The molecule has 2 aliphatic rings. The summed E-state index contributed by atoms with van der Waals surface area (Å²) < 4.78 is 5.22. The van der Waals surface area contributed by atoms with Crippen LogP contribution in [0, 0.1) is 11.3 Å². The summed E-state index contributed by atoms with van der Waals surface area (Å²) in [4.78, 5) is 19.1. The summed E-state index contributed by atoms with van der Waals surface area (Å²) >= 11 is 1.22. The zero-order chi connectivity index (χ0) is 17.3. The molecule has 0 amide bonds. The number of hydrogen-bond acceptors (Lipinski definition) is 7. The molecule has 122 valence electrons. The molecule has 2 aliphatic heterocycles. The van der Waals surface area contributed by atoms with Crippen molar-refractivity contribution in [2.45, 2.75) is 19.9 Å². The minimum absolute atomic E-state index is 0.275. The van der Waals surface area contributed by atoms with Gasteiger partial charge >= 0.3 is 5.97 Å². The van der Waals surface area contributed by atoms with Crippen molar-refractivity contribution in [1.82, 2.24) is 4.90 Å². The molecule has 0 aromatic heterocycles. The lowest BCUT2D eigenvalue weighted by atomic mass is 9.94. The van der Waals surface area contributed by atoms with Gasteiger partial charge in [0, 0.05) is 0 Å². The minimum atomic E-state index is -0.462. The number of hydrogen-bond donors (Lipinski definition) is 1. The SMILES string of the molecule is CCOC(=O)C1=C(C)N=C2SC(C#N)=C(N)N2[C@@H]1c1ccccc1. The van der Waals surface area contributed by atoms with Crippen LogP contribution in [0.5, 0.6) is 0 Å². The average molecular weight is 340 g/mol. The van der Waals surface area contributed by atoms with E-state index in [4.69, 9.17) is 10.5 Å². The van der Waals surface area contributed by atoms with E-state index >= 15 is 0 Å². The maximum Gasteiger partial charge on any atom is 0.338 e. The second-order valence-corrected chi connectivity index (χ2v) is 6.20. The number of amidine groups is 1. The fourth-order valence-corrected chi connectivity index (χ4v) is 3.68. The van der Waals surface area contributed by atoms with Crippen molar-refractivity contribution in [3.63, 3.8) is 0 Å². The number of nitrogens with zero attached hydrogens (tertiary/aromatic N) is 3. The zero-order valence-corrected chi connectivity index (χ0v) is 14.1. The fraction of sp³-hybridized carbons (Fsp3) is 0.235. The number of carbonyl (C=O) groups is 1. The average Bonchev–Trinajstić information content (AvgIpc) is 2.90. The van der Waals surface area contributed by atoms with Gasteiger partial charge in [0.05, 0.1) is 23.9 Å². The number of esters is 1. The Morgan fingerprint density at radius 2 is 2.17 bits per heavy atom. The predicted molar refractivity (Wildman–Crippen MR) is 92.2 cm³/mol. The topological polar surface area (TPSA) is 91.7 Å². The molecule has 1 atom stereocenters. The lowest BCUT2D eigenvalue weighted by Crippen LogP contribution is -2.38. The minimum Gasteiger partial charge on any atom is -0.463 e. The van der Waals surface area contributed by atoms with E-state index in [1.165, 1.54) is 11.8 Å². The summed E-state index contributed by atoms with van der Waals surface area (Å²) in [6, 6.07) is 11.2. The van der Waals surface area contributed by atoms with Crippen LogP contribution in [0.2, 0.25) is 0 Å². The van der Waals surface area contributed by atoms with Gasteiger partial charge in [-0.15, -0.1) is 0 Å². The number of benzene rings is 1. The molecule has 0 aliphatic carbocycles. The lowest BCUT2D eigenvalue weighted by molar-refractivity contribution is -0.139. The molecule has 3 rings (SSSR count). The van der Waals surface area contributed by atoms with Crippen LogP contribution in [0.3, 0.4) is 0 Å². The van der Waals surface area contributed by atoms with Crippen LogP contribution in [-0.2, 0) is 9.53 Å². The van der Waals surface area contributed by atoms with Crippen molar-refractivity contribution in [3.8, 4) is 6.07 Å². The standard InChI is InChI=1S/C17H16N4O2S/c1-3-23-16(22)13-10(2)20-17-21(15(19)12(9-18)24-17)14(13)11-7-5-4-6-8-11/h4-8,14H,3,19H2,1-2H3/t14-/m1/s1. The number of thioether (sulfide) groups is 1. The highest BCUT2D eigenvalue weighted by atomic mass is 32.2. The molecule has 2 N–H and O–H groups in total. The molecule has 0 saturated heterocycles. The van der Waals surface area contributed by atoms with E-state index < -0.39 is 12.0 Å². The van der Waals surface area contributed by atoms with E-state index in [1.54, 1.807) is 18.7 Å². The van der Waals surface area contributed by atoms with E-state index in [2.05, 4.69) is 11.1 Å². The number of rotatable bonds is 3. The first-order valence-corrected chi connectivity index (χ1v) is 8.28. The largest absolute Gasteiger partial charge is 0.463 e. The highest BCUT2D eigenvalue weighted by Crippen LogP contribution is 2.45. The van der Waals surface area contributed by atoms with E-state index in [0.29, 0.717) is 27.2 Å². The van der Waals surface area contributed by atoms with Gasteiger partial charge in [0.15, 0.2) is 5.17 Å². The summed E-state index contributed by atoms with van der Waals surface area (Å²) in [6.45, 7) is 3.81. The Labute approximate surface area is 144 Å². The number of aliphatic imine (C=N–C) groups is 1. The number of fused-ring (bicyclic) bond motifs is 1. The Morgan fingerprint density at radius 3 is 2.79 bits per heavy atom. The van der Waals surface area contributed by atoms with Crippen molar-refractivity contribution in [1.29, 1.82) is 5.26 Å². The summed E-state index contributed by atoms with van der Waals surface area (Å²) in [5, 5.41) is 9.87. The number of nitrogens with two attached hydrogens (primary N) is 1. The van der Waals surface area contributed by atoms with Gasteiger partial charge in [0.25, 0.3) is 0 Å². The lowest BCUT2D eigenvalue weighted by Gasteiger charge is -2.34. The summed E-state index contributed by atoms with van der Waals surface area (Å²) in [5.41, 5.74) is 8.06. The summed E-state index contributed by atoms with van der Waals surface area (Å²) in [5.74, 6) is -0.112. The van der Waals surface area contributed by atoms with Crippen LogP contribution >= 0.6 is 11.8 Å². The van der Waals surface area contributed by atoms with E-state index in [-0.39, 0.29) is 6.61 Å². The van der Waals surface area contributed by atoms with Crippen LogP contribution in [-0.4, -0.2) is 22.6 Å². The predicted octanol–water partition coefficient (Wildman–Crippen LogP) is 2.63. The van der Waals surface area contributed by atoms with E-state index in [1.807, 2.05) is 30.3 Å². The molecular weight excluding hydrogens is 324 g/mol. The third-order valence-electron chi connectivity index (χ3n) is 3.79. The van der Waals surface area contributed by atoms with Gasteiger partial charge in [-0.25, -0.2) is 9.79 Å². The zero-order valence-electron chi connectivity index (χ0n) is 13.3. The Morgan fingerprint density at radius 1 is 1.46 bits per heavy atom. The van der Waals surface area contributed by atoms with Gasteiger partial charge in [-0.05, 0) is 31.2 Å². The van der Waals surface area contributed by atoms with Crippen LogP contribution in [0.1, 0.15) is 25.5 Å². The highest BCUT2D eigenvalue weighted by molar-refractivity contribution is 8.17. The van der Waals surface area contributed by atoms with Gasteiger partial charge < -0.3 is 10.5 Å². The first-order valence-electron chi connectivity index (χ1n) is 7.47. The Hall–Kier alpha value is -2.72. The van der Waals surface area contributed by atoms with Crippen LogP contribution < -0.4 is 5.73 Å². The Kier molecular flexibility index (Phi) is 4.32. The smallest absolute Gasteiger partial charge is 0.338 e. The molecule has 6 nitrogen and oxygen atoms in total. The van der Waals surface area contributed by atoms with E-state index in [0.717, 1.165) is 5.56 Å². The third-order valence-corrected chi connectivity index (χ3v) is 4.76. The normalized spacial score (nSPS) is 19.8. The second kappa shape index (κ2) is 6.42. The molecule has 24 heavy (non-hydrogen) atoms. The molecule has 2 heterocycles. The number of nitriles is 1. The quantitative estimate of drug-likeness (QED) is 0.851. The van der Waals surface area contributed by atoms with E-state index in [9.17, 15) is 10.1 Å². The molecule has 0 saturated carbocycles. The van der Waals surface area contributed by atoms with Crippen molar-refractivity contribution in [3.05, 3.63) is 57.9 Å². The summed E-state index contributed by atoms with van der Waals surface area (Å²) in [7, 11) is 0. The molecule has 0 radical (unpaired) electrons. The fourth-order valence-electron chi connectivity index (χ4n) is 2.76. The second-order valence-electron chi connectivity index (χ2n) is 5.23. The van der Waals surface area contributed by atoms with Gasteiger partial charge in [0.2, 0.25) is 0 Å². The number of ether oxygens (including phenoxy) is 1. The molecule has 1 aromatic carbocycles. The number of allylic oxidation sites excluding steroid dienone is 2. The van der Waals surface area contributed by atoms with Gasteiger partial charge in [0.1, 0.15) is 16.8 Å². The first-order chi connectivity index (χ1) is 11.6. The van der Waals surface area contributed by atoms with Crippen LogP contribution in [0.15, 0.2) is 57.3 Å². The van der Waals surface area contributed by atoms with Crippen molar-refractivity contribution in [2.75, 3.05) is 6.61 Å². The van der Waals surface area contributed by atoms with Crippen molar-refractivity contribution < 1.29 is 9.53 Å². The molecule has 0 fully saturated rings. The first kappa shape index (κ1) is 16.1. The molecule has 1 aromatic rings. The monoisotopic (exact) mass is 340 g/mol.